The van der Waals surface area contributed by atoms with E-state index < -0.39 is 52.7 Å². The number of hydrogen-bond acceptors (Lipinski definition) is 8. The van der Waals surface area contributed by atoms with E-state index in [1.54, 1.807) is 51.1 Å². The largest absolute Gasteiger partial charge is 0.464 e. The van der Waals surface area contributed by atoms with E-state index in [9.17, 15) is 24.0 Å². The number of β-lactam (4-membered cyclic amide) rings is 1. The van der Waals surface area contributed by atoms with Gasteiger partial charge in [-0.2, -0.15) is 0 Å². The lowest BCUT2D eigenvalue weighted by atomic mass is 9.69. The summed E-state index contributed by atoms with van der Waals surface area (Å²) in [6.45, 7) is 8.91. The van der Waals surface area contributed by atoms with Crippen LogP contribution in [-0.2, 0) is 44.6 Å². The van der Waals surface area contributed by atoms with E-state index in [0.717, 1.165) is 11.8 Å². The maximum absolute atomic E-state index is 13.3. The van der Waals surface area contributed by atoms with Gasteiger partial charge in [0.25, 0.3) is 5.54 Å². The molecular formula is C24H31NO8. The molecule has 1 aliphatic rings. The van der Waals surface area contributed by atoms with Crippen molar-refractivity contribution >= 4 is 29.6 Å². The summed E-state index contributed by atoms with van der Waals surface area (Å²) >= 11 is 0. The van der Waals surface area contributed by atoms with Gasteiger partial charge in [-0.25, -0.2) is 14.4 Å². The molecule has 0 spiro atoms. The minimum atomic E-state index is -2.41. The second-order valence-electron chi connectivity index (χ2n) is 8.70. The van der Waals surface area contributed by atoms with Gasteiger partial charge in [0.1, 0.15) is 23.3 Å². The highest BCUT2D eigenvalue weighted by molar-refractivity contribution is 6.25. The molecule has 1 aromatic rings. The number of Topliss-reactive ketones (excluding diaryl/α,β-unsaturated/α-hetero) is 1. The molecule has 0 saturated carbocycles. The Morgan fingerprint density at radius 1 is 1.00 bits per heavy atom. The summed E-state index contributed by atoms with van der Waals surface area (Å²) in [4.78, 5) is 66.1. The predicted octanol–water partition coefficient (Wildman–Crippen LogP) is 1.85. The number of likely N-dealkylation sites (tertiary alicyclic amines) is 1. The summed E-state index contributed by atoms with van der Waals surface area (Å²) in [5.74, 6) is -6.26. The molecule has 1 aromatic carbocycles. The van der Waals surface area contributed by atoms with Crippen molar-refractivity contribution in [1.82, 2.24) is 4.90 Å². The van der Waals surface area contributed by atoms with Crippen molar-refractivity contribution in [1.29, 1.82) is 0 Å². The van der Waals surface area contributed by atoms with Gasteiger partial charge in [0.15, 0.2) is 0 Å². The van der Waals surface area contributed by atoms with E-state index in [4.69, 9.17) is 14.2 Å². The normalized spacial score (nSPS) is 18.1. The number of carbonyl (C=O) groups excluding carboxylic acids is 5. The Bertz CT molecular complexity index is 900. The molecule has 1 fully saturated rings. The fourth-order valence-electron chi connectivity index (χ4n) is 3.92. The van der Waals surface area contributed by atoms with Crippen molar-refractivity contribution in [3.8, 4) is 0 Å². The molecule has 0 N–H and O–H groups in total. The Hall–Kier alpha value is -3.23. The number of esters is 3. The molecule has 0 aliphatic carbocycles. The van der Waals surface area contributed by atoms with Crippen molar-refractivity contribution in [3.05, 3.63) is 35.9 Å². The molecule has 0 unspecified atom stereocenters. The molecule has 1 amide bonds. The van der Waals surface area contributed by atoms with Crippen LogP contribution in [0.3, 0.4) is 0 Å². The monoisotopic (exact) mass is 461 g/mol. The lowest BCUT2D eigenvalue weighted by Gasteiger charge is -2.54. The number of ketones is 1. The number of carbonyl (C=O) groups is 5. The summed E-state index contributed by atoms with van der Waals surface area (Å²) in [6.07, 6.45) is -0.0489. The highest BCUT2D eigenvalue weighted by Gasteiger charge is 2.75. The first kappa shape index (κ1) is 26.0. The van der Waals surface area contributed by atoms with Crippen LogP contribution >= 0.6 is 0 Å². The Morgan fingerprint density at radius 2 is 1.52 bits per heavy atom. The zero-order chi connectivity index (χ0) is 25.0. The van der Waals surface area contributed by atoms with Crippen LogP contribution in [0.15, 0.2) is 30.3 Å². The van der Waals surface area contributed by atoms with E-state index in [1.807, 2.05) is 0 Å². The molecule has 9 heteroatoms. The van der Waals surface area contributed by atoms with Gasteiger partial charge >= 0.3 is 17.9 Å². The molecule has 2 rings (SSSR count). The molecule has 1 saturated heterocycles. The first-order valence-electron chi connectivity index (χ1n) is 10.9. The first-order chi connectivity index (χ1) is 15.4. The third-order valence-corrected chi connectivity index (χ3v) is 5.12. The Labute approximate surface area is 193 Å². The average molecular weight is 462 g/mol. The third kappa shape index (κ3) is 5.07. The van der Waals surface area contributed by atoms with E-state index in [-0.39, 0.29) is 19.6 Å². The summed E-state index contributed by atoms with van der Waals surface area (Å²) in [6, 6.07) is 7.39. The first-order valence-corrected chi connectivity index (χ1v) is 10.9. The van der Waals surface area contributed by atoms with Crippen LogP contribution in [0.5, 0.6) is 0 Å². The van der Waals surface area contributed by atoms with Crippen LogP contribution in [0.4, 0.5) is 0 Å². The van der Waals surface area contributed by atoms with Crippen LogP contribution in [0.2, 0.25) is 0 Å². The van der Waals surface area contributed by atoms with Crippen LogP contribution in [0.1, 0.15) is 47.1 Å². The Morgan fingerprint density at radius 3 is 1.94 bits per heavy atom. The highest BCUT2D eigenvalue weighted by Crippen LogP contribution is 2.44. The van der Waals surface area contributed by atoms with Crippen molar-refractivity contribution < 1.29 is 38.2 Å². The topological polar surface area (TPSA) is 116 Å². The number of rotatable bonds is 9. The van der Waals surface area contributed by atoms with E-state index in [1.165, 1.54) is 13.8 Å². The van der Waals surface area contributed by atoms with Crippen molar-refractivity contribution in [3.63, 3.8) is 0 Å². The lowest BCUT2D eigenvalue weighted by molar-refractivity contribution is -0.211. The second-order valence-corrected chi connectivity index (χ2v) is 8.70. The van der Waals surface area contributed by atoms with Gasteiger partial charge in [-0.3, -0.25) is 9.59 Å². The maximum Gasteiger partial charge on any atom is 0.345 e. The number of ether oxygens (including phenoxy) is 3. The summed E-state index contributed by atoms with van der Waals surface area (Å²) in [5.41, 5.74) is -2.66. The third-order valence-electron chi connectivity index (χ3n) is 5.12. The van der Waals surface area contributed by atoms with Gasteiger partial charge in [0, 0.05) is 6.42 Å². The van der Waals surface area contributed by atoms with E-state index in [0.29, 0.717) is 5.56 Å². The molecule has 0 bridgehead atoms. The van der Waals surface area contributed by atoms with Crippen molar-refractivity contribution in [2.45, 2.75) is 65.1 Å². The molecule has 0 aromatic heterocycles. The van der Waals surface area contributed by atoms with Gasteiger partial charge in [-0.1, -0.05) is 30.3 Å². The van der Waals surface area contributed by atoms with Crippen molar-refractivity contribution in [2.24, 2.45) is 5.92 Å². The molecule has 1 heterocycles. The molecule has 0 radical (unpaired) electrons. The SMILES string of the molecule is CCOC(=O)C1(C(=O)OCC)[C@H](C(C)=O)C(=O)N1[C@H](Cc1ccccc1)C(=O)OC(C)(C)C. The zero-order valence-corrected chi connectivity index (χ0v) is 19.9. The van der Waals surface area contributed by atoms with Crippen LogP contribution in [0.25, 0.3) is 0 Å². The molecule has 2 atom stereocenters. The molecule has 9 nitrogen and oxygen atoms in total. The van der Waals surface area contributed by atoms with Crippen LogP contribution in [-0.4, -0.2) is 64.9 Å². The average Bonchev–Trinajstić information content (AvgIpc) is 2.70. The van der Waals surface area contributed by atoms with Gasteiger partial charge in [-0.15, -0.1) is 0 Å². The molecule has 33 heavy (non-hydrogen) atoms. The molecule has 1 aliphatic heterocycles. The van der Waals surface area contributed by atoms with Gasteiger partial charge in [0.2, 0.25) is 5.91 Å². The van der Waals surface area contributed by atoms with Gasteiger partial charge in [-0.05, 0) is 47.1 Å². The second kappa shape index (κ2) is 10.1. The standard InChI is InChI=1S/C24H31NO8/c1-7-31-21(29)24(22(30)32-8-2)18(15(3)26)19(27)25(24)17(20(28)33-23(4,5)6)14-16-12-10-9-11-13-16/h9-13,17-18H,7-8,14H2,1-6H3/t17-,18-/m1/s1. The Kier molecular flexibility index (Phi) is 8.00. The summed E-state index contributed by atoms with van der Waals surface area (Å²) in [5, 5.41) is 0. The molecule has 180 valence electrons. The summed E-state index contributed by atoms with van der Waals surface area (Å²) < 4.78 is 15.8. The lowest BCUT2D eigenvalue weighted by Crippen LogP contribution is -2.83. The van der Waals surface area contributed by atoms with Crippen LogP contribution < -0.4 is 0 Å². The Balaban J connectivity index is 2.68. The zero-order valence-electron chi connectivity index (χ0n) is 19.9. The molecular weight excluding hydrogens is 430 g/mol. The number of hydrogen-bond donors (Lipinski definition) is 0. The summed E-state index contributed by atoms with van der Waals surface area (Å²) in [7, 11) is 0. The fraction of sp³-hybridized carbons (Fsp3) is 0.542. The van der Waals surface area contributed by atoms with Gasteiger partial charge in [0.05, 0.1) is 13.2 Å². The van der Waals surface area contributed by atoms with Crippen molar-refractivity contribution in [2.75, 3.05) is 13.2 Å². The van der Waals surface area contributed by atoms with E-state index in [2.05, 4.69) is 0 Å². The highest BCUT2D eigenvalue weighted by atomic mass is 16.6. The van der Waals surface area contributed by atoms with Gasteiger partial charge < -0.3 is 19.1 Å². The fourth-order valence-corrected chi connectivity index (χ4v) is 3.92. The smallest absolute Gasteiger partial charge is 0.345 e. The minimum Gasteiger partial charge on any atom is -0.464 e. The number of nitrogens with zero attached hydrogens (tertiary/aromatic N) is 1. The van der Waals surface area contributed by atoms with Crippen LogP contribution in [0, 0.1) is 5.92 Å². The minimum absolute atomic E-state index is 0.0489. The number of benzene rings is 1. The maximum atomic E-state index is 13.3. The quantitative estimate of drug-likeness (QED) is 0.237. The number of amides is 1. The van der Waals surface area contributed by atoms with E-state index >= 15 is 0 Å². The predicted molar refractivity (Wildman–Crippen MR) is 117 cm³/mol.